The second-order valence-corrected chi connectivity index (χ2v) is 9.10. The number of sulfonamides is 1. The summed E-state index contributed by atoms with van der Waals surface area (Å²) in [7, 11) is -4.51. The summed E-state index contributed by atoms with van der Waals surface area (Å²) in [5.74, 6) is -7.70. The van der Waals surface area contributed by atoms with E-state index in [9.17, 15) is 44.3 Å². The first-order valence-corrected chi connectivity index (χ1v) is 10.5. The second kappa shape index (κ2) is 8.30. The molecule has 0 spiro atoms. The molecule has 31 heavy (non-hydrogen) atoms. The van der Waals surface area contributed by atoms with Crippen LogP contribution in [0, 0.1) is 23.4 Å². The number of carbonyl (C=O) groups excluding carboxylic acids is 2. The normalized spacial score (nSPS) is 21.1. The molecule has 14 heteroatoms. The number of likely N-dealkylation sites (tertiary alicyclic amines) is 1. The summed E-state index contributed by atoms with van der Waals surface area (Å²) in [6, 6.07) is 1.08. The van der Waals surface area contributed by atoms with Gasteiger partial charge in [-0.3, -0.25) is 9.59 Å². The lowest BCUT2D eigenvalue weighted by atomic mass is 10.1. The lowest BCUT2D eigenvalue weighted by molar-refractivity contribution is -0.157. The van der Waals surface area contributed by atoms with Crippen LogP contribution in [0.5, 0.6) is 0 Å². The average molecular weight is 473 g/mol. The van der Waals surface area contributed by atoms with Crippen LogP contribution in [0.25, 0.3) is 0 Å². The molecule has 0 radical (unpaired) electrons. The molecule has 2 aliphatic heterocycles. The summed E-state index contributed by atoms with van der Waals surface area (Å²) in [4.78, 5) is 25.0. The number of amides is 2. The monoisotopic (exact) mass is 473 g/mol. The quantitative estimate of drug-likeness (QED) is 0.489. The van der Waals surface area contributed by atoms with Gasteiger partial charge in [-0.2, -0.15) is 17.5 Å². The minimum atomic E-state index is -4.59. The van der Waals surface area contributed by atoms with Crippen molar-refractivity contribution in [1.82, 2.24) is 14.1 Å². The van der Waals surface area contributed by atoms with Crippen molar-refractivity contribution in [2.24, 2.45) is 5.92 Å². The fraction of sp³-hybridized carbons (Fsp3) is 0.529. The number of hydrogen-bond donors (Lipinski definition) is 0. The Morgan fingerprint density at radius 2 is 1.65 bits per heavy atom. The minimum absolute atomic E-state index is 0.159. The molecule has 2 saturated heterocycles. The number of alkyl halides is 3. The van der Waals surface area contributed by atoms with Gasteiger partial charge in [0.05, 0.1) is 5.92 Å². The zero-order valence-corrected chi connectivity index (χ0v) is 16.6. The Morgan fingerprint density at radius 3 is 2.23 bits per heavy atom. The van der Waals surface area contributed by atoms with Gasteiger partial charge in [-0.25, -0.2) is 21.6 Å². The van der Waals surface area contributed by atoms with Crippen LogP contribution in [-0.4, -0.2) is 79.8 Å². The van der Waals surface area contributed by atoms with Crippen molar-refractivity contribution in [3.8, 4) is 0 Å². The van der Waals surface area contributed by atoms with Gasteiger partial charge in [0.15, 0.2) is 17.5 Å². The third-order valence-corrected chi connectivity index (χ3v) is 7.02. The second-order valence-electron chi connectivity index (χ2n) is 7.19. The Balaban J connectivity index is 1.64. The third kappa shape index (κ3) is 4.79. The Bertz CT molecular complexity index is 992. The lowest BCUT2D eigenvalue weighted by Crippen LogP contribution is -2.52. The van der Waals surface area contributed by atoms with E-state index in [1.807, 2.05) is 0 Å². The molecule has 0 bridgehead atoms. The largest absolute Gasteiger partial charge is 0.406 e. The Morgan fingerprint density at radius 1 is 1.03 bits per heavy atom. The van der Waals surface area contributed by atoms with Gasteiger partial charge in [-0.1, -0.05) is 0 Å². The molecule has 7 nitrogen and oxygen atoms in total. The highest BCUT2D eigenvalue weighted by Gasteiger charge is 2.42. The molecule has 1 aromatic rings. The van der Waals surface area contributed by atoms with Crippen LogP contribution >= 0.6 is 0 Å². The predicted molar refractivity (Wildman–Crippen MR) is 92.4 cm³/mol. The highest BCUT2D eigenvalue weighted by atomic mass is 32.2. The molecule has 2 amide bonds. The molecular formula is C17H17F6N3O4S. The lowest BCUT2D eigenvalue weighted by Gasteiger charge is -2.35. The van der Waals surface area contributed by atoms with E-state index in [4.69, 9.17) is 0 Å². The first-order valence-electron chi connectivity index (χ1n) is 9.08. The summed E-state index contributed by atoms with van der Waals surface area (Å²) in [5.41, 5.74) is 0. The summed E-state index contributed by atoms with van der Waals surface area (Å²) in [5, 5.41) is 0. The van der Waals surface area contributed by atoms with Gasteiger partial charge in [0.25, 0.3) is 0 Å². The summed E-state index contributed by atoms with van der Waals surface area (Å²) < 4.78 is 104. The van der Waals surface area contributed by atoms with E-state index in [0.29, 0.717) is 17.0 Å². The number of benzene rings is 1. The van der Waals surface area contributed by atoms with Crippen molar-refractivity contribution in [2.45, 2.75) is 17.5 Å². The van der Waals surface area contributed by atoms with Gasteiger partial charge in [0, 0.05) is 39.1 Å². The number of nitrogens with zero attached hydrogens (tertiary/aromatic N) is 3. The molecule has 2 fully saturated rings. The van der Waals surface area contributed by atoms with E-state index in [0.717, 1.165) is 4.31 Å². The van der Waals surface area contributed by atoms with Gasteiger partial charge in [0.1, 0.15) is 11.4 Å². The topological polar surface area (TPSA) is 78.0 Å². The van der Waals surface area contributed by atoms with E-state index in [2.05, 4.69) is 0 Å². The summed E-state index contributed by atoms with van der Waals surface area (Å²) in [6.45, 7) is -2.75. The maximum atomic E-state index is 13.9. The van der Waals surface area contributed by atoms with Crippen molar-refractivity contribution < 1.29 is 44.3 Å². The van der Waals surface area contributed by atoms with Crippen molar-refractivity contribution >= 4 is 21.8 Å². The van der Waals surface area contributed by atoms with Gasteiger partial charge in [-0.15, -0.1) is 0 Å². The Hall–Kier alpha value is -2.35. The molecule has 0 aliphatic carbocycles. The highest BCUT2D eigenvalue weighted by molar-refractivity contribution is 7.89. The molecule has 0 saturated carbocycles. The van der Waals surface area contributed by atoms with Gasteiger partial charge in [0.2, 0.25) is 21.8 Å². The minimum Gasteiger partial charge on any atom is -0.340 e. The number of rotatable bonds is 4. The number of carbonyl (C=O) groups is 2. The smallest absolute Gasteiger partial charge is 0.340 e. The summed E-state index contributed by atoms with van der Waals surface area (Å²) >= 11 is 0. The molecule has 2 aliphatic rings. The van der Waals surface area contributed by atoms with Crippen LogP contribution in [0.1, 0.15) is 6.42 Å². The molecule has 1 unspecified atom stereocenters. The van der Waals surface area contributed by atoms with Crippen molar-refractivity contribution in [3.63, 3.8) is 0 Å². The SMILES string of the molecule is O=C1CC(C(=O)N2CCN(S(=O)(=O)c3ccc(F)c(F)c3F)CC2)CN1CC(F)(F)F. The fourth-order valence-electron chi connectivity index (χ4n) is 3.56. The van der Waals surface area contributed by atoms with E-state index < -0.39 is 69.4 Å². The van der Waals surface area contributed by atoms with Crippen LogP contribution in [0.4, 0.5) is 26.3 Å². The van der Waals surface area contributed by atoms with Crippen LogP contribution in [-0.2, 0) is 19.6 Å². The number of piperazine rings is 1. The van der Waals surface area contributed by atoms with Crippen molar-refractivity contribution in [1.29, 1.82) is 0 Å². The van der Waals surface area contributed by atoms with Gasteiger partial charge < -0.3 is 9.80 Å². The number of halogens is 6. The highest BCUT2D eigenvalue weighted by Crippen LogP contribution is 2.27. The van der Waals surface area contributed by atoms with Crippen molar-refractivity contribution in [2.75, 3.05) is 39.3 Å². The first-order chi connectivity index (χ1) is 14.3. The molecule has 1 aromatic carbocycles. The van der Waals surface area contributed by atoms with Crippen LogP contribution < -0.4 is 0 Å². The summed E-state index contributed by atoms with van der Waals surface area (Å²) in [6.07, 6.45) is -4.98. The maximum absolute atomic E-state index is 13.9. The maximum Gasteiger partial charge on any atom is 0.406 e. The van der Waals surface area contributed by atoms with E-state index in [1.54, 1.807) is 0 Å². The van der Waals surface area contributed by atoms with Crippen LogP contribution in [0.15, 0.2) is 17.0 Å². The van der Waals surface area contributed by atoms with Crippen LogP contribution in [0.2, 0.25) is 0 Å². The number of hydrogen-bond acceptors (Lipinski definition) is 4. The Labute approximate surface area is 173 Å². The van der Waals surface area contributed by atoms with Crippen molar-refractivity contribution in [3.05, 3.63) is 29.6 Å². The van der Waals surface area contributed by atoms with E-state index >= 15 is 0 Å². The standard InChI is InChI=1S/C17H17F6N3O4S/c18-11-1-2-12(15(20)14(11)19)31(29,30)26-5-3-24(4-6-26)16(28)10-7-13(27)25(8-10)9-17(21,22)23/h1-2,10H,3-9H2. The van der Waals surface area contributed by atoms with Gasteiger partial charge in [-0.05, 0) is 12.1 Å². The molecular weight excluding hydrogens is 456 g/mol. The molecule has 3 rings (SSSR count). The van der Waals surface area contributed by atoms with Crippen LogP contribution in [0.3, 0.4) is 0 Å². The Kier molecular flexibility index (Phi) is 6.24. The molecule has 2 heterocycles. The first kappa shape index (κ1) is 23.3. The average Bonchev–Trinajstić information content (AvgIpc) is 3.04. The third-order valence-electron chi connectivity index (χ3n) is 5.10. The molecule has 172 valence electrons. The zero-order chi connectivity index (χ0) is 23.1. The molecule has 0 aromatic heterocycles. The zero-order valence-electron chi connectivity index (χ0n) is 15.8. The molecule has 1 atom stereocenters. The van der Waals surface area contributed by atoms with E-state index in [-0.39, 0.29) is 32.6 Å². The fourth-order valence-corrected chi connectivity index (χ4v) is 5.04. The van der Waals surface area contributed by atoms with Gasteiger partial charge >= 0.3 is 6.18 Å². The predicted octanol–water partition coefficient (Wildman–Crippen LogP) is 1.35. The molecule has 0 N–H and O–H groups in total. The van der Waals surface area contributed by atoms with E-state index in [1.165, 1.54) is 4.90 Å².